The fraction of sp³-hybridized carbons (Fsp3) is 0.600. The highest BCUT2D eigenvalue weighted by atomic mass is 19.4. The number of hydrogen-bond donors (Lipinski definition) is 2. The van der Waals surface area contributed by atoms with Gasteiger partial charge in [0, 0.05) is 6.04 Å². The molecule has 0 amide bonds. The molecular weight excluding hydrogens is 283 g/mol. The van der Waals surface area contributed by atoms with E-state index < -0.39 is 24.7 Å². The Morgan fingerprint density at radius 3 is 2.29 bits per heavy atom. The van der Waals surface area contributed by atoms with E-state index in [0.717, 1.165) is 5.56 Å². The van der Waals surface area contributed by atoms with Crippen molar-refractivity contribution in [3.8, 4) is 0 Å². The number of ether oxygens (including phenoxy) is 1. The van der Waals surface area contributed by atoms with Crippen LogP contribution >= 0.6 is 0 Å². The zero-order chi connectivity index (χ0) is 15.9. The summed E-state index contributed by atoms with van der Waals surface area (Å²) in [4.78, 5) is 0. The van der Waals surface area contributed by atoms with Crippen LogP contribution in [0.5, 0.6) is 0 Å². The molecule has 0 bridgehead atoms. The van der Waals surface area contributed by atoms with Gasteiger partial charge in [-0.15, -0.1) is 0 Å². The van der Waals surface area contributed by atoms with Gasteiger partial charge in [-0.3, -0.25) is 0 Å². The van der Waals surface area contributed by atoms with Gasteiger partial charge in [0.05, 0.1) is 31.8 Å². The van der Waals surface area contributed by atoms with Crippen LogP contribution in [0.25, 0.3) is 0 Å². The Hall–Kier alpha value is -1.11. The molecule has 0 fully saturated rings. The Bertz CT molecular complexity index is 409. The minimum atomic E-state index is -4.24. The molecule has 0 spiro atoms. The van der Waals surface area contributed by atoms with Gasteiger partial charge in [0.15, 0.2) is 0 Å². The van der Waals surface area contributed by atoms with Crippen LogP contribution in [0.2, 0.25) is 0 Å². The van der Waals surface area contributed by atoms with E-state index in [-0.39, 0.29) is 19.3 Å². The maximum absolute atomic E-state index is 12.1. The molecule has 1 aromatic rings. The highest BCUT2D eigenvalue weighted by Gasteiger charge is 2.33. The van der Waals surface area contributed by atoms with Gasteiger partial charge in [0.1, 0.15) is 0 Å². The predicted octanol–water partition coefficient (Wildman–Crippen LogP) is 2.84. The lowest BCUT2D eigenvalue weighted by Gasteiger charge is -2.35. The second kappa shape index (κ2) is 7.77. The quantitative estimate of drug-likeness (QED) is 0.726. The van der Waals surface area contributed by atoms with Gasteiger partial charge in [-0.25, -0.2) is 0 Å². The van der Waals surface area contributed by atoms with E-state index in [0.29, 0.717) is 0 Å². The smallest absolute Gasteiger partial charge is 0.391 e. The lowest BCUT2D eigenvalue weighted by molar-refractivity contribution is -0.147. The molecule has 120 valence electrons. The molecule has 3 nitrogen and oxygen atoms in total. The van der Waals surface area contributed by atoms with E-state index in [4.69, 9.17) is 4.74 Å². The molecule has 21 heavy (non-hydrogen) atoms. The normalized spacial score (nSPS) is 15.2. The molecule has 0 radical (unpaired) electrons. The highest BCUT2D eigenvalue weighted by molar-refractivity contribution is 5.25. The van der Waals surface area contributed by atoms with Crippen LogP contribution in [0, 0.1) is 0 Å². The second-order valence-corrected chi connectivity index (χ2v) is 5.32. The van der Waals surface area contributed by atoms with E-state index in [1.165, 1.54) is 0 Å². The number of rotatable bonds is 8. The summed E-state index contributed by atoms with van der Waals surface area (Å²) in [5.74, 6) is 0. The van der Waals surface area contributed by atoms with Crippen molar-refractivity contribution >= 4 is 0 Å². The lowest BCUT2D eigenvalue weighted by Crippen LogP contribution is -2.52. The maximum atomic E-state index is 12.1. The molecule has 1 aromatic carbocycles. The minimum Gasteiger partial charge on any atom is -0.394 e. The van der Waals surface area contributed by atoms with Crippen LogP contribution in [0.3, 0.4) is 0 Å². The van der Waals surface area contributed by atoms with Crippen molar-refractivity contribution in [3.63, 3.8) is 0 Å². The molecule has 0 saturated heterocycles. The summed E-state index contributed by atoms with van der Waals surface area (Å²) in [6, 6.07) is 9.15. The third-order valence-corrected chi connectivity index (χ3v) is 3.04. The first-order chi connectivity index (χ1) is 9.79. The van der Waals surface area contributed by atoms with E-state index >= 15 is 0 Å². The summed E-state index contributed by atoms with van der Waals surface area (Å²) >= 11 is 0. The number of aliphatic hydroxyl groups excluding tert-OH is 1. The van der Waals surface area contributed by atoms with Gasteiger partial charge in [-0.05, 0) is 19.4 Å². The Balaban J connectivity index is 2.77. The number of halogens is 3. The van der Waals surface area contributed by atoms with Crippen LogP contribution < -0.4 is 5.32 Å². The Morgan fingerprint density at radius 2 is 1.81 bits per heavy atom. The largest absolute Gasteiger partial charge is 0.394 e. The van der Waals surface area contributed by atoms with Crippen molar-refractivity contribution in [2.75, 3.05) is 19.8 Å². The van der Waals surface area contributed by atoms with Gasteiger partial charge >= 0.3 is 6.18 Å². The summed E-state index contributed by atoms with van der Waals surface area (Å²) in [6.07, 6.45) is -5.23. The topological polar surface area (TPSA) is 41.5 Å². The molecule has 1 rings (SSSR count). The minimum absolute atomic E-state index is 0.0260. The first-order valence-corrected chi connectivity index (χ1v) is 6.88. The van der Waals surface area contributed by atoms with Gasteiger partial charge in [-0.2, -0.15) is 13.2 Å². The van der Waals surface area contributed by atoms with Crippen LogP contribution in [0.1, 0.15) is 25.8 Å². The third kappa shape index (κ3) is 6.03. The molecule has 0 saturated carbocycles. The molecule has 0 aliphatic carbocycles. The summed E-state index contributed by atoms with van der Waals surface area (Å²) < 4.78 is 41.6. The first-order valence-electron chi connectivity index (χ1n) is 6.88. The van der Waals surface area contributed by atoms with Crippen molar-refractivity contribution in [2.45, 2.75) is 38.0 Å². The fourth-order valence-electron chi connectivity index (χ4n) is 2.13. The van der Waals surface area contributed by atoms with Crippen molar-refractivity contribution in [2.24, 2.45) is 0 Å². The average Bonchev–Trinajstić information content (AvgIpc) is 2.42. The highest BCUT2D eigenvalue weighted by Crippen LogP contribution is 2.24. The van der Waals surface area contributed by atoms with Gasteiger partial charge < -0.3 is 15.2 Å². The van der Waals surface area contributed by atoms with Crippen molar-refractivity contribution in [1.29, 1.82) is 0 Å². The SMILES string of the molecule is CC(C)NC(CO)(COCCC(F)(F)F)c1ccccc1. The first kappa shape index (κ1) is 17.9. The summed E-state index contributed by atoms with van der Waals surface area (Å²) in [6.45, 7) is 3.10. The average molecular weight is 305 g/mol. The zero-order valence-corrected chi connectivity index (χ0v) is 12.3. The third-order valence-electron chi connectivity index (χ3n) is 3.04. The molecule has 1 atom stereocenters. The van der Waals surface area contributed by atoms with Crippen LogP contribution in [0.4, 0.5) is 13.2 Å². The Labute approximate surface area is 123 Å². The standard InChI is InChI=1S/C15H22F3NO2/c1-12(2)19-14(10-20,13-6-4-3-5-7-13)11-21-9-8-15(16,17)18/h3-7,12,19-20H,8-11H2,1-2H3. The van der Waals surface area contributed by atoms with Crippen LogP contribution in [0.15, 0.2) is 30.3 Å². The molecule has 0 aromatic heterocycles. The van der Waals surface area contributed by atoms with Gasteiger partial charge in [-0.1, -0.05) is 30.3 Å². The van der Waals surface area contributed by atoms with Gasteiger partial charge in [0.25, 0.3) is 0 Å². The number of alkyl halides is 3. The predicted molar refractivity (Wildman–Crippen MR) is 75.0 cm³/mol. The molecule has 6 heteroatoms. The van der Waals surface area contributed by atoms with E-state index in [1.807, 2.05) is 44.2 Å². The monoisotopic (exact) mass is 305 g/mol. The van der Waals surface area contributed by atoms with Crippen LogP contribution in [-0.4, -0.2) is 37.1 Å². The van der Waals surface area contributed by atoms with Crippen molar-refractivity contribution < 1.29 is 23.0 Å². The fourth-order valence-corrected chi connectivity index (χ4v) is 2.13. The van der Waals surface area contributed by atoms with E-state index in [9.17, 15) is 18.3 Å². The summed E-state index contributed by atoms with van der Waals surface area (Å²) in [5.41, 5.74) is -0.116. The summed E-state index contributed by atoms with van der Waals surface area (Å²) in [5, 5.41) is 13.0. The van der Waals surface area contributed by atoms with Crippen molar-refractivity contribution in [3.05, 3.63) is 35.9 Å². The molecule has 2 N–H and O–H groups in total. The maximum Gasteiger partial charge on any atom is 0.391 e. The second-order valence-electron chi connectivity index (χ2n) is 5.32. The van der Waals surface area contributed by atoms with Crippen LogP contribution in [-0.2, 0) is 10.3 Å². The molecule has 0 aliphatic rings. The van der Waals surface area contributed by atoms with Gasteiger partial charge in [0.2, 0.25) is 0 Å². The number of aliphatic hydroxyl groups is 1. The zero-order valence-electron chi connectivity index (χ0n) is 12.3. The summed E-state index contributed by atoms with van der Waals surface area (Å²) in [7, 11) is 0. The van der Waals surface area contributed by atoms with E-state index in [2.05, 4.69) is 5.32 Å². The van der Waals surface area contributed by atoms with E-state index in [1.54, 1.807) is 0 Å². The number of hydrogen-bond acceptors (Lipinski definition) is 3. The molecule has 1 unspecified atom stereocenters. The number of nitrogens with one attached hydrogen (secondary N) is 1. The molecule has 0 aliphatic heterocycles. The van der Waals surface area contributed by atoms with Crippen molar-refractivity contribution in [1.82, 2.24) is 5.32 Å². The number of benzene rings is 1. The Kier molecular flexibility index (Phi) is 6.64. The molecular formula is C15H22F3NO2. The Morgan fingerprint density at radius 1 is 1.19 bits per heavy atom. The lowest BCUT2D eigenvalue weighted by atomic mass is 9.90. The molecule has 0 heterocycles.